The molecule has 4 nitrogen and oxygen atoms in total. The van der Waals surface area contributed by atoms with Crippen LogP contribution in [0.4, 0.5) is 5.82 Å². The summed E-state index contributed by atoms with van der Waals surface area (Å²) in [5.74, 6) is 2.00. The van der Waals surface area contributed by atoms with E-state index < -0.39 is 0 Å². The fourth-order valence-corrected chi connectivity index (χ4v) is 2.65. The van der Waals surface area contributed by atoms with E-state index in [1.807, 2.05) is 18.2 Å². The maximum atomic E-state index is 6.36. The smallest absolute Gasteiger partial charge is 0.142 e. The molecule has 1 atom stereocenters. The Morgan fingerprint density at radius 3 is 2.65 bits per heavy atom. The van der Waals surface area contributed by atoms with Crippen molar-refractivity contribution in [3.63, 3.8) is 0 Å². The Hall–Kier alpha value is -1.81. The molecule has 0 saturated heterocycles. The van der Waals surface area contributed by atoms with Crippen LogP contribution in [0.3, 0.4) is 0 Å². The van der Waals surface area contributed by atoms with E-state index in [9.17, 15) is 0 Å². The summed E-state index contributed by atoms with van der Waals surface area (Å²) in [5.41, 5.74) is 8.44. The monoisotopic (exact) mass is 271 g/mol. The quantitative estimate of drug-likeness (QED) is 0.908. The molecule has 0 bridgehead atoms. The molecule has 0 aliphatic heterocycles. The molecule has 0 spiro atoms. The number of nitrogens with zero attached hydrogens (tertiary/aromatic N) is 2. The van der Waals surface area contributed by atoms with E-state index in [0.29, 0.717) is 12.6 Å². The summed E-state index contributed by atoms with van der Waals surface area (Å²) < 4.78 is 7.44. The van der Waals surface area contributed by atoms with Gasteiger partial charge in [-0.05, 0) is 12.8 Å². The van der Waals surface area contributed by atoms with Crippen LogP contribution in [0.2, 0.25) is 0 Å². The molecular formula is C16H21N3O. The SMILES string of the molecule is COCC(C)c1nc(-c2ccccc2)n(C2CC2)c1N. The van der Waals surface area contributed by atoms with E-state index in [1.165, 1.54) is 12.8 Å². The molecule has 20 heavy (non-hydrogen) atoms. The second-order valence-corrected chi connectivity index (χ2v) is 5.53. The molecule has 1 aliphatic carbocycles. The molecule has 0 radical (unpaired) electrons. The van der Waals surface area contributed by atoms with Crippen LogP contribution in [0, 0.1) is 0 Å². The Balaban J connectivity index is 2.07. The number of aromatic nitrogens is 2. The summed E-state index contributed by atoms with van der Waals surface area (Å²) in [4.78, 5) is 4.82. The van der Waals surface area contributed by atoms with Gasteiger partial charge in [0.25, 0.3) is 0 Å². The highest BCUT2D eigenvalue weighted by molar-refractivity contribution is 5.61. The molecule has 2 aromatic rings. The third-order valence-electron chi connectivity index (χ3n) is 3.80. The van der Waals surface area contributed by atoms with Crippen molar-refractivity contribution in [2.24, 2.45) is 0 Å². The normalized spacial score (nSPS) is 16.3. The van der Waals surface area contributed by atoms with Gasteiger partial charge >= 0.3 is 0 Å². The zero-order valence-electron chi connectivity index (χ0n) is 12.0. The molecular weight excluding hydrogens is 250 g/mol. The minimum Gasteiger partial charge on any atom is -0.384 e. The van der Waals surface area contributed by atoms with Crippen LogP contribution in [0.5, 0.6) is 0 Å². The summed E-state index contributed by atoms with van der Waals surface area (Å²) in [6, 6.07) is 10.8. The van der Waals surface area contributed by atoms with Crippen LogP contribution in [0.25, 0.3) is 11.4 Å². The van der Waals surface area contributed by atoms with Gasteiger partial charge in [-0.15, -0.1) is 0 Å². The lowest BCUT2D eigenvalue weighted by atomic mass is 10.1. The van der Waals surface area contributed by atoms with Crippen molar-refractivity contribution < 1.29 is 4.74 Å². The molecule has 4 heteroatoms. The Bertz CT molecular complexity index is 587. The molecule has 1 unspecified atom stereocenters. The molecule has 1 aliphatic rings. The summed E-state index contributed by atoms with van der Waals surface area (Å²) in [6.07, 6.45) is 2.39. The maximum absolute atomic E-state index is 6.36. The minimum atomic E-state index is 0.211. The third kappa shape index (κ3) is 2.31. The maximum Gasteiger partial charge on any atom is 0.142 e. The number of hydrogen-bond donors (Lipinski definition) is 1. The zero-order valence-corrected chi connectivity index (χ0v) is 12.0. The summed E-state index contributed by atoms with van der Waals surface area (Å²) >= 11 is 0. The topological polar surface area (TPSA) is 53.1 Å². The first-order chi connectivity index (χ1) is 9.72. The van der Waals surface area contributed by atoms with Gasteiger partial charge in [0.15, 0.2) is 0 Å². The van der Waals surface area contributed by atoms with Gasteiger partial charge in [0.05, 0.1) is 12.3 Å². The Morgan fingerprint density at radius 1 is 1.35 bits per heavy atom. The largest absolute Gasteiger partial charge is 0.384 e. The van der Waals surface area contributed by atoms with E-state index in [2.05, 4.69) is 23.6 Å². The number of benzene rings is 1. The second kappa shape index (κ2) is 5.29. The van der Waals surface area contributed by atoms with Crippen LogP contribution < -0.4 is 5.73 Å². The molecule has 1 fully saturated rings. The number of nitrogens with two attached hydrogens (primary N) is 1. The summed E-state index contributed by atoms with van der Waals surface area (Å²) in [6.45, 7) is 2.74. The third-order valence-corrected chi connectivity index (χ3v) is 3.80. The van der Waals surface area contributed by atoms with Crippen molar-refractivity contribution >= 4 is 5.82 Å². The standard InChI is InChI=1S/C16H21N3O/c1-11(10-20-2)14-15(17)19(13-8-9-13)16(18-14)12-6-4-3-5-7-12/h3-7,11,13H,8-10,17H2,1-2H3. The van der Waals surface area contributed by atoms with E-state index in [1.54, 1.807) is 7.11 Å². The molecule has 1 aromatic heterocycles. The van der Waals surface area contributed by atoms with Gasteiger partial charge in [0, 0.05) is 24.6 Å². The fraction of sp³-hybridized carbons (Fsp3) is 0.438. The van der Waals surface area contributed by atoms with Crippen molar-refractivity contribution in [3.05, 3.63) is 36.0 Å². The number of ether oxygens (including phenoxy) is 1. The van der Waals surface area contributed by atoms with Crippen LogP contribution in [0.1, 0.15) is 37.4 Å². The van der Waals surface area contributed by atoms with Gasteiger partial charge in [-0.1, -0.05) is 37.3 Å². The molecule has 1 aromatic carbocycles. The number of methoxy groups -OCH3 is 1. The summed E-state index contributed by atoms with van der Waals surface area (Å²) in [5, 5.41) is 0. The average Bonchev–Trinajstić information content (AvgIpc) is 3.23. The highest BCUT2D eigenvalue weighted by atomic mass is 16.5. The average molecular weight is 271 g/mol. The van der Waals surface area contributed by atoms with Crippen LogP contribution in [0.15, 0.2) is 30.3 Å². The van der Waals surface area contributed by atoms with Gasteiger partial charge in [0.1, 0.15) is 11.6 Å². The first kappa shape index (κ1) is 13.2. The minimum absolute atomic E-state index is 0.211. The van der Waals surface area contributed by atoms with E-state index >= 15 is 0 Å². The number of nitrogen functional groups attached to an aromatic ring is 1. The van der Waals surface area contributed by atoms with Crippen molar-refractivity contribution in [3.8, 4) is 11.4 Å². The van der Waals surface area contributed by atoms with Gasteiger partial charge < -0.3 is 15.0 Å². The van der Waals surface area contributed by atoms with Gasteiger partial charge in [0.2, 0.25) is 0 Å². The molecule has 2 N–H and O–H groups in total. The highest BCUT2D eigenvalue weighted by Crippen LogP contribution is 2.42. The predicted molar refractivity (Wildman–Crippen MR) is 80.6 cm³/mol. The Labute approximate surface area is 119 Å². The second-order valence-electron chi connectivity index (χ2n) is 5.53. The summed E-state index contributed by atoms with van der Waals surface area (Å²) in [7, 11) is 1.71. The number of rotatable bonds is 5. The van der Waals surface area contributed by atoms with Crippen LogP contribution in [-0.4, -0.2) is 23.3 Å². The van der Waals surface area contributed by atoms with Gasteiger partial charge in [-0.2, -0.15) is 0 Å². The zero-order chi connectivity index (χ0) is 14.1. The van der Waals surface area contributed by atoms with Crippen LogP contribution >= 0.6 is 0 Å². The van der Waals surface area contributed by atoms with Crippen molar-refractivity contribution in [2.45, 2.75) is 31.7 Å². The molecule has 3 rings (SSSR count). The van der Waals surface area contributed by atoms with Crippen molar-refractivity contribution in [1.82, 2.24) is 9.55 Å². The first-order valence-electron chi connectivity index (χ1n) is 7.14. The molecule has 1 saturated carbocycles. The van der Waals surface area contributed by atoms with E-state index in [-0.39, 0.29) is 5.92 Å². The van der Waals surface area contributed by atoms with Gasteiger partial charge in [-0.3, -0.25) is 0 Å². The molecule has 1 heterocycles. The van der Waals surface area contributed by atoms with Crippen LogP contribution in [-0.2, 0) is 4.74 Å². The van der Waals surface area contributed by atoms with Gasteiger partial charge in [-0.25, -0.2) is 4.98 Å². The number of imidazole rings is 1. The van der Waals surface area contributed by atoms with Crippen molar-refractivity contribution in [2.75, 3.05) is 19.5 Å². The van der Waals surface area contributed by atoms with E-state index in [0.717, 1.165) is 22.9 Å². The lowest BCUT2D eigenvalue weighted by molar-refractivity contribution is 0.183. The fourth-order valence-electron chi connectivity index (χ4n) is 2.65. The van der Waals surface area contributed by atoms with E-state index in [4.69, 9.17) is 15.5 Å². The number of anilines is 1. The Kier molecular flexibility index (Phi) is 3.49. The lowest BCUT2D eigenvalue weighted by Gasteiger charge is -2.10. The molecule has 106 valence electrons. The predicted octanol–water partition coefficient (Wildman–Crippen LogP) is 3.22. The number of hydrogen-bond acceptors (Lipinski definition) is 3. The Morgan fingerprint density at radius 2 is 2.05 bits per heavy atom. The highest BCUT2D eigenvalue weighted by Gasteiger charge is 2.31. The lowest BCUT2D eigenvalue weighted by Crippen LogP contribution is -2.07. The first-order valence-corrected chi connectivity index (χ1v) is 7.14. The molecule has 0 amide bonds. The van der Waals surface area contributed by atoms with Crippen molar-refractivity contribution in [1.29, 1.82) is 0 Å².